The number of rotatable bonds is 9. The van der Waals surface area contributed by atoms with Crippen molar-refractivity contribution >= 4 is 33.5 Å². The van der Waals surface area contributed by atoms with Crippen molar-refractivity contribution in [2.75, 3.05) is 24.7 Å². The summed E-state index contributed by atoms with van der Waals surface area (Å²) in [5, 5.41) is 17.8. The molecule has 0 bridgehead atoms. The Hall–Kier alpha value is -0.440. The summed E-state index contributed by atoms with van der Waals surface area (Å²) in [6.07, 6.45) is -1.36. The van der Waals surface area contributed by atoms with Crippen molar-refractivity contribution in [3.63, 3.8) is 0 Å². The molecular weight excluding hydrogens is 280 g/mol. The third-order valence-electron chi connectivity index (χ3n) is 1.41. The van der Waals surface area contributed by atoms with Gasteiger partial charge in [-0.2, -0.15) is 0 Å². The first-order valence-electron chi connectivity index (χ1n) is 5.33. The molecule has 0 aliphatic heterocycles. The van der Waals surface area contributed by atoms with Gasteiger partial charge in [-0.1, -0.05) is 21.6 Å². The molecule has 0 heterocycles. The Morgan fingerprint density at radius 1 is 0.944 bits per heavy atom. The highest BCUT2D eigenvalue weighted by molar-refractivity contribution is 8.77. The lowest BCUT2D eigenvalue weighted by Gasteiger charge is -2.07. The van der Waals surface area contributed by atoms with Crippen molar-refractivity contribution < 1.29 is 29.3 Å². The fourth-order valence-electron chi connectivity index (χ4n) is 0.690. The Bertz CT molecular complexity index is 231. The van der Waals surface area contributed by atoms with Crippen molar-refractivity contribution in [1.82, 2.24) is 0 Å². The maximum atomic E-state index is 11.1. The molecule has 2 atom stereocenters. The normalized spacial score (nSPS) is 13.8. The van der Waals surface area contributed by atoms with Gasteiger partial charge in [0.2, 0.25) is 0 Å². The van der Waals surface area contributed by atoms with E-state index < -0.39 is 24.1 Å². The third kappa shape index (κ3) is 12.0. The second-order valence-electron chi connectivity index (χ2n) is 3.59. The SMILES string of the molecule is CC(O)COC(=O)CSSCC(=O)OCC(C)O. The van der Waals surface area contributed by atoms with E-state index >= 15 is 0 Å². The van der Waals surface area contributed by atoms with Crippen molar-refractivity contribution in [1.29, 1.82) is 0 Å². The van der Waals surface area contributed by atoms with Crippen LogP contribution in [0.2, 0.25) is 0 Å². The topological polar surface area (TPSA) is 93.1 Å². The van der Waals surface area contributed by atoms with Gasteiger partial charge in [-0.05, 0) is 13.8 Å². The molecule has 0 aromatic carbocycles. The number of aliphatic hydroxyl groups is 2. The summed E-state index contributed by atoms with van der Waals surface area (Å²) >= 11 is 0. The number of hydrogen-bond acceptors (Lipinski definition) is 8. The molecule has 106 valence electrons. The van der Waals surface area contributed by atoms with E-state index in [0.29, 0.717) is 0 Å². The van der Waals surface area contributed by atoms with E-state index in [9.17, 15) is 9.59 Å². The van der Waals surface area contributed by atoms with Crippen molar-refractivity contribution in [2.45, 2.75) is 26.1 Å². The highest BCUT2D eigenvalue weighted by atomic mass is 33.1. The highest BCUT2D eigenvalue weighted by Gasteiger charge is 2.08. The van der Waals surface area contributed by atoms with E-state index in [4.69, 9.17) is 19.7 Å². The second-order valence-corrected chi connectivity index (χ2v) is 6.05. The molecule has 6 nitrogen and oxygen atoms in total. The Balaban J connectivity index is 3.44. The maximum Gasteiger partial charge on any atom is 0.316 e. The minimum absolute atomic E-state index is 0.0273. The lowest BCUT2D eigenvalue weighted by Crippen LogP contribution is -2.17. The fraction of sp³-hybridized carbons (Fsp3) is 0.800. The quantitative estimate of drug-likeness (QED) is 0.355. The lowest BCUT2D eigenvalue weighted by molar-refractivity contribution is -0.143. The van der Waals surface area contributed by atoms with Gasteiger partial charge in [0, 0.05) is 0 Å². The average molecular weight is 298 g/mol. The van der Waals surface area contributed by atoms with E-state index in [1.54, 1.807) is 0 Å². The van der Waals surface area contributed by atoms with Gasteiger partial charge in [-0.3, -0.25) is 9.59 Å². The Kier molecular flexibility index (Phi) is 10.2. The molecule has 2 N–H and O–H groups in total. The molecule has 0 aliphatic rings. The van der Waals surface area contributed by atoms with Gasteiger partial charge in [0.1, 0.15) is 24.7 Å². The van der Waals surface area contributed by atoms with Crippen LogP contribution in [0.4, 0.5) is 0 Å². The molecule has 0 fully saturated rings. The van der Waals surface area contributed by atoms with Crippen LogP contribution < -0.4 is 0 Å². The van der Waals surface area contributed by atoms with Crippen LogP contribution >= 0.6 is 21.6 Å². The van der Waals surface area contributed by atoms with Crippen molar-refractivity contribution in [3.8, 4) is 0 Å². The van der Waals surface area contributed by atoms with Gasteiger partial charge in [0.25, 0.3) is 0 Å². The van der Waals surface area contributed by atoms with E-state index in [1.165, 1.54) is 35.4 Å². The van der Waals surface area contributed by atoms with Crippen LogP contribution in [0, 0.1) is 0 Å². The zero-order valence-corrected chi connectivity index (χ0v) is 12.0. The zero-order valence-electron chi connectivity index (χ0n) is 10.3. The minimum atomic E-state index is -0.679. The summed E-state index contributed by atoms with van der Waals surface area (Å²) in [5.74, 6) is -0.682. The number of aliphatic hydroxyl groups excluding tert-OH is 2. The molecule has 0 radical (unpaired) electrons. The number of hydrogen-bond donors (Lipinski definition) is 2. The summed E-state index contributed by atoms with van der Waals surface area (Å²) in [6, 6.07) is 0. The van der Waals surface area contributed by atoms with Crippen LogP contribution in [0.1, 0.15) is 13.8 Å². The minimum Gasteiger partial charge on any atom is -0.462 e. The average Bonchev–Trinajstić information content (AvgIpc) is 2.29. The molecule has 0 aliphatic carbocycles. The first-order valence-corrected chi connectivity index (χ1v) is 7.82. The van der Waals surface area contributed by atoms with Gasteiger partial charge < -0.3 is 19.7 Å². The summed E-state index contributed by atoms with van der Waals surface area (Å²) in [5.41, 5.74) is 0. The zero-order chi connectivity index (χ0) is 14.0. The molecule has 0 rings (SSSR count). The predicted molar refractivity (Wildman–Crippen MR) is 70.2 cm³/mol. The van der Waals surface area contributed by atoms with Crippen LogP contribution in [0.5, 0.6) is 0 Å². The monoisotopic (exact) mass is 298 g/mol. The van der Waals surface area contributed by atoms with E-state index in [-0.39, 0.29) is 24.7 Å². The molecule has 18 heavy (non-hydrogen) atoms. The number of carbonyl (C=O) groups excluding carboxylic acids is 2. The fourth-order valence-corrected chi connectivity index (χ4v) is 2.29. The molecule has 8 heteroatoms. The van der Waals surface area contributed by atoms with E-state index in [0.717, 1.165) is 0 Å². The first kappa shape index (κ1) is 17.6. The Morgan fingerprint density at radius 2 is 1.28 bits per heavy atom. The van der Waals surface area contributed by atoms with Gasteiger partial charge in [0.15, 0.2) is 0 Å². The summed E-state index contributed by atoms with van der Waals surface area (Å²) in [4.78, 5) is 22.2. The van der Waals surface area contributed by atoms with Crippen molar-refractivity contribution in [3.05, 3.63) is 0 Å². The number of esters is 2. The maximum absolute atomic E-state index is 11.1. The third-order valence-corrected chi connectivity index (χ3v) is 3.49. The molecule has 0 saturated carbocycles. The van der Waals surface area contributed by atoms with Crippen LogP contribution in [0.25, 0.3) is 0 Å². The van der Waals surface area contributed by atoms with Gasteiger partial charge in [0.05, 0.1) is 12.2 Å². The standard InChI is InChI=1S/C10H18O6S2/c1-7(11)3-15-9(13)5-17-18-6-10(14)16-4-8(2)12/h7-8,11-12H,3-6H2,1-2H3. The highest BCUT2D eigenvalue weighted by Crippen LogP contribution is 2.21. The summed E-state index contributed by atoms with van der Waals surface area (Å²) < 4.78 is 9.43. The van der Waals surface area contributed by atoms with Crippen molar-refractivity contribution in [2.24, 2.45) is 0 Å². The number of ether oxygens (including phenoxy) is 2. The summed E-state index contributed by atoms with van der Waals surface area (Å²) in [6.45, 7) is 2.99. The Morgan fingerprint density at radius 3 is 1.56 bits per heavy atom. The molecule has 2 unspecified atom stereocenters. The van der Waals surface area contributed by atoms with Crippen LogP contribution in [0.15, 0.2) is 0 Å². The van der Waals surface area contributed by atoms with Gasteiger partial charge >= 0.3 is 11.9 Å². The molecule has 0 amide bonds. The molecular formula is C10H18O6S2. The molecule has 0 aromatic heterocycles. The molecule has 0 aromatic rings. The number of carbonyl (C=O) groups is 2. The van der Waals surface area contributed by atoms with E-state index in [2.05, 4.69) is 0 Å². The van der Waals surface area contributed by atoms with Gasteiger partial charge in [-0.15, -0.1) is 0 Å². The lowest BCUT2D eigenvalue weighted by atomic mass is 10.4. The van der Waals surface area contributed by atoms with Crippen LogP contribution in [-0.4, -0.2) is 59.1 Å². The molecule has 0 spiro atoms. The molecule has 0 saturated heterocycles. The smallest absolute Gasteiger partial charge is 0.316 e. The predicted octanol–water partition coefficient (Wildman–Crippen LogP) is 0.216. The van der Waals surface area contributed by atoms with Gasteiger partial charge in [-0.25, -0.2) is 0 Å². The first-order chi connectivity index (χ1) is 8.41. The Labute approximate surface area is 114 Å². The largest absolute Gasteiger partial charge is 0.462 e. The summed E-state index contributed by atoms with van der Waals surface area (Å²) in [7, 11) is 2.35. The van der Waals surface area contributed by atoms with Crippen LogP contribution in [0.3, 0.4) is 0 Å². The van der Waals surface area contributed by atoms with Crippen LogP contribution in [-0.2, 0) is 19.1 Å². The second kappa shape index (κ2) is 10.5. The van der Waals surface area contributed by atoms with E-state index in [1.807, 2.05) is 0 Å².